The summed E-state index contributed by atoms with van der Waals surface area (Å²) >= 11 is 0. The third-order valence-electron chi connectivity index (χ3n) is 3.46. The molecular weight excluding hydrogens is 422 g/mol. The zero-order chi connectivity index (χ0) is 22.9. The molecule has 168 valence electrons. The van der Waals surface area contributed by atoms with Gasteiger partial charge in [0.2, 0.25) is 5.91 Å². The van der Waals surface area contributed by atoms with Crippen LogP contribution in [0.5, 0.6) is 5.75 Å². The number of benzene rings is 1. The van der Waals surface area contributed by atoms with E-state index in [1.807, 2.05) is 13.8 Å². The molecule has 1 fully saturated rings. The van der Waals surface area contributed by atoms with Crippen molar-refractivity contribution in [3.8, 4) is 5.75 Å². The van der Waals surface area contributed by atoms with Crippen LogP contribution >= 0.6 is 0 Å². The number of amides is 1. The first-order valence-electron chi connectivity index (χ1n) is 8.73. The molecule has 0 aliphatic carbocycles. The van der Waals surface area contributed by atoms with Crippen molar-refractivity contribution in [2.24, 2.45) is 0 Å². The van der Waals surface area contributed by atoms with Crippen molar-refractivity contribution in [1.29, 1.82) is 0 Å². The Hall–Kier alpha value is -2.83. The highest BCUT2D eigenvalue weighted by Gasteiger charge is 2.31. The van der Waals surface area contributed by atoms with E-state index in [1.54, 1.807) is 4.90 Å². The number of carbonyl (C=O) groups excluding carboxylic acids is 1. The van der Waals surface area contributed by atoms with Crippen molar-refractivity contribution >= 4 is 22.6 Å². The van der Waals surface area contributed by atoms with Crippen LogP contribution in [0.3, 0.4) is 0 Å². The van der Waals surface area contributed by atoms with Crippen LogP contribution in [0.15, 0.2) is 24.5 Å². The maximum Gasteiger partial charge on any atom is 0.573 e. The summed E-state index contributed by atoms with van der Waals surface area (Å²) in [7, 11) is 0. The van der Waals surface area contributed by atoms with Gasteiger partial charge in [0.25, 0.3) is 0 Å². The lowest BCUT2D eigenvalue weighted by Crippen LogP contribution is -2.44. The standard InChI is InChI=1S/C14H13F3N4O2.C2H6.CHF3O/c15-14(16,17)23-9-2-3-10-11(6-9)19-8-20-13(10)18-7-12(22)21-4-1-5-21;1-2;2-1(3,4)5/h2-3,6,8H,1,4-5,7H2,(H,18,19,20);1-2H3;5H. The highest BCUT2D eigenvalue weighted by molar-refractivity contribution is 5.91. The molecule has 1 aromatic carbocycles. The zero-order valence-corrected chi connectivity index (χ0v) is 16.0. The number of anilines is 1. The summed E-state index contributed by atoms with van der Waals surface area (Å²) in [4.78, 5) is 21.5. The van der Waals surface area contributed by atoms with Crippen LogP contribution in [-0.4, -0.2) is 58.2 Å². The van der Waals surface area contributed by atoms with Gasteiger partial charge in [0.05, 0.1) is 12.1 Å². The predicted molar refractivity (Wildman–Crippen MR) is 95.5 cm³/mol. The SMILES string of the molecule is CC.O=C(CNc1ncnc2cc(OC(F)(F)F)ccc12)N1CCC1.OC(F)(F)F. The number of nitrogens with zero attached hydrogens (tertiary/aromatic N) is 3. The van der Waals surface area contributed by atoms with Gasteiger partial charge >= 0.3 is 12.7 Å². The van der Waals surface area contributed by atoms with E-state index in [0.29, 0.717) is 16.7 Å². The molecule has 3 rings (SSSR count). The Morgan fingerprint density at radius 1 is 1.17 bits per heavy atom. The van der Waals surface area contributed by atoms with Crippen LogP contribution in [0.25, 0.3) is 10.9 Å². The quantitative estimate of drug-likeness (QED) is 0.703. The first-order valence-corrected chi connectivity index (χ1v) is 8.73. The van der Waals surface area contributed by atoms with Gasteiger partial charge in [0.1, 0.15) is 17.9 Å². The van der Waals surface area contributed by atoms with Gasteiger partial charge in [0.15, 0.2) is 0 Å². The minimum absolute atomic E-state index is 0.0416. The summed E-state index contributed by atoms with van der Waals surface area (Å²) in [5.41, 5.74) is 0.292. The molecule has 1 aromatic heterocycles. The number of ether oxygens (including phenoxy) is 1. The molecule has 7 nitrogen and oxygen atoms in total. The molecule has 2 N–H and O–H groups in total. The van der Waals surface area contributed by atoms with Crippen LogP contribution in [-0.2, 0) is 4.79 Å². The number of carbonyl (C=O) groups is 1. The molecule has 1 aliphatic heterocycles. The van der Waals surface area contributed by atoms with Gasteiger partial charge in [-0.25, -0.2) is 9.97 Å². The number of likely N-dealkylation sites (tertiary alicyclic amines) is 1. The predicted octanol–water partition coefficient (Wildman–Crippen LogP) is 3.70. The number of hydrogen-bond acceptors (Lipinski definition) is 6. The summed E-state index contributed by atoms with van der Waals surface area (Å²) in [6, 6.07) is 3.78. The first kappa shape index (κ1) is 25.2. The van der Waals surface area contributed by atoms with Gasteiger partial charge in [-0.05, 0) is 18.6 Å². The second-order valence-corrected chi connectivity index (χ2v) is 5.50. The zero-order valence-electron chi connectivity index (χ0n) is 16.0. The Balaban J connectivity index is 0.000000565. The van der Waals surface area contributed by atoms with Crippen molar-refractivity contribution in [2.45, 2.75) is 33.0 Å². The Labute approximate surface area is 167 Å². The fourth-order valence-electron chi connectivity index (χ4n) is 2.21. The van der Waals surface area contributed by atoms with Crippen molar-refractivity contribution in [3.63, 3.8) is 0 Å². The Morgan fingerprint density at radius 3 is 2.27 bits per heavy atom. The molecule has 1 aliphatic rings. The Morgan fingerprint density at radius 2 is 1.77 bits per heavy atom. The van der Waals surface area contributed by atoms with Gasteiger partial charge in [-0.15, -0.1) is 26.3 Å². The van der Waals surface area contributed by atoms with Gasteiger partial charge in [0, 0.05) is 24.5 Å². The van der Waals surface area contributed by atoms with Crippen LogP contribution in [0.2, 0.25) is 0 Å². The third-order valence-corrected chi connectivity index (χ3v) is 3.46. The molecule has 1 amide bonds. The summed E-state index contributed by atoms with van der Waals surface area (Å²) in [5.74, 6) is -0.00576. The normalized spacial score (nSPS) is 13.3. The average Bonchev–Trinajstić information content (AvgIpc) is 2.57. The van der Waals surface area contributed by atoms with Crippen LogP contribution in [0.1, 0.15) is 20.3 Å². The molecule has 0 atom stereocenters. The van der Waals surface area contributed by atoms with Crippen molar-refractivity contribution in [1.82, 2.24) is 14.9 Å². The lowest BCUT2D eigenvalue weighted by molar-refractivity contribution is -0.295. The van der Waals surface area contributed by atoms with Gasteiger partial charge in [-0.1, -0.05) is 13.8 Å². The number of aromatic nitrogens is 2. The maximum atomic E-state index is 12.2. The van der Waals surface area contributed by atoms with E-state index in [4.69, 9.17) is 5.11 Å². The molecule has 0 radical (unpaired) electrons. The lowest BCUT2D eigenvalue weighted by atomic mass is 10.2. The van der Waals surface area contributed by atoms with E-state index >= 15 is 0 Å². The van der Waals surface area contributed by atoms with E-state index in [0.717, 1.165) is 19.5 Å². The van der Waals surface area contributed by atoms with E-state index in [2.05, 4.69) is 20.0 Å². The molecule has 30 heavy (non-hydrogen) atoms. The van der Waals surface area contributed by atoms with Crippen LogP contribution in [0.4, 0.5) is 32.2 Å². The molecule has 0 saturated carbocycles. The highest BCUT2D eigenvalue weighted by atomic mass is 19.4. The monoisotopic (exact) mass is 442 g/mol. The number of rotatable bonds is 4. The summed E-state index contributed by atoms with van der Waals surface area (Å²) in [5, 5.41) is 9.93. The second kappa shape index (κ2) is 10.8. The summed E-state index contributed by atoms with van der Waals surface area (Å²) in [6.45, 7) is 5.58. The molecule has 0 unspecified atom stereocenters. The number of fused-ring (bicyclic) bond motifs is 1. The van der Waals surface area contributed by atoms with Crippen molar-refractivity contribution < 1.29 is 41.0 Å². The van der Waals surface area contributed by atoms with Crippen LogP contribution in [0, 0.1) is 0 Å². The van der Waals surface area contributed by atoms with E-state index < -0.39 is 12.7 Å². The Kier molecular flexibility index (Phi) is 9.08. The maximum absolute atomic E-state index is 12.2. The highest BCUT2D eigenvalue weighted by Crippen LogP contribution is 2.27. The minimum Gasteiger partial charge on any atom is -0.406 e. The third kappa shape index (κ3) is 9.11. The average molecular weight is 442 g/mol. The fraction of sp³-hybridized carbons (Fsp3) is 0.471. The summed E-state index contributed by atoms with van der Waals surface area (Å²) < 4.78 is 70.3. The number of alkyl halides is 6. The minimum atomic E-state index is -5.00. The largest absolute Gasteiger partial charge is 0.573 e. The second-order valence-electron chi connectivity index (χ2n) is 5.50. The van der Waals surface area contributed by atoms with Gasteiger partial charge in [-0.3, -0.25) is 4.79 Å². The Bertz CT molecular complexity index is 819. The molecular formula is C17H20F6N4O3. The van der Waals surface area contributed by atoms with E-state index in [9.17, 15) is 31.1 Å². The molecule has 13 heteroatoms. The number of halogens is 6. The summed E-state index contributed by atoms with van der Waals surface area (Å²) in [6.07, 6.45) is -7.54. The number of hydrogen-bond donors (Lipinski definition) is 2. The molecule has 1 saturated heterocycles. The number of nitrogens with one attached hydrogen (secondary N) is 1. The van der Waals surface area contributed by atoms with Gasteiger partial charge < -0.3 is 20.1 Å². The van der Waals surface area contributed by atoms with Crippen LogP contribution < -0.4 is 10.1 Å². The van der Waals surface area contributed by atoms with E-state index in [1.165, 1.54) is 24.5 Å². The van der Waals surface area contributed by atoms with Gasteiger partial charge in [-0.2, -0.15) is 0 Å². The molecule has 0 bridgehead atoms. The van der Waals surface area contributed by atoms with Crippen molar-refractivity contribution in [3.05, 3.63) is 24.5 Å². The first-order chi connectivity index (χ1) is 13.9. The fourth-order valence-corrected chi connectivity index (χ4v) is 2.21. The topological polar surface area (TPSA) is 87.6 Å². The smallest absolute Gasteiger partial charge is 0.406 e. The van der Waals surface area contributed by atoms with E-state index in [-0.39, 0.29) is 18.2 Å². The molecule has 2 aromatic rings. The molecule has 0 spiro atoms. The number of aliphatic hydroxyl groups is 1. The molecule has 2 heterocycles. The lowest BCUT2D eigenvalue weighted by Gasteiger charge is -2.31. The van der Waals surface area contributed by atoms with Crippen molar-refractivity contribution in [2.75, 3.05) is 25.0 Å².